The highest BCUT2D eigenvalue weighted by Gasteiger charge is 2.33. The minimum Gasteiger partial charge on any atom is -0.352 e. The van der Waals surface area contributed by atoms with Crippen LogP contribution in [0.2, 0.25) is 0 Å². The summed E-state index contributed by atoms with van der Waals surface area (Å²) in [6, 6.07) is 9.59. The standard InChI is InChI=1S/C12H10Br2N2O3/c1-7-11(16(17)18)12(19-15-7)10(14)9(13)8-5-3-2-4-6-8/h2-6,9-10H,1H3. The lowest BCUT2D eigenvalue weighted by molar-refractivity contribution is -0.386. The van der Waals surface area contributed by atoms with Crippen molar-refractivity contribution >= 4 is 37.5 Å². The number of aromatic nitrogens is 1. The van der Waals surface area contributed by atoms with E-state index in [2.05, 4.69) is 37.0 Å². The first kappa shape index (κ1) is 14.2. The Bertz CT molecular complexity index is 586. The molecule has 2 unspecified atom stereocenters. The molecule has 1 aromatic carbocycles. The lowest BCUT2D eigenvalue weighted by atomic mass is 10.1. The Morgan fingerprint density at radius 3 is 2.47 bits per heavy atom. The Balaban J connectivity index is 2.35. The second kappa shape index (κ2) is 5.83. The van der Waals surface area contributed by atoms with Crippen LogP contribution in [0.1, 0.15) is 26.7 Å². The zero-order chi connectivity index (χ0) is 14.0. The second-order valence-electron chi connectivity index (χ2n) is 3.95. The molecule has 2 atom stereocenters. The molecule has 0 amide bonds. The van der Waals surface area contributed by atoms with Gasteiger partial charge in [-0.25, -0.2) is 0 Å². The average molecular weight is 390 g/mol. The number of halogens is 2. The van der Waals surface area contributed by atoms with E-state index >= 15 is 0 Å². The Hall–Kier alpha value is -1.21. The number of benzene rings is 1. The van der Waals surface area contributed by atoms with Crippen molar-refractivity contribution in [1.29, 1.82) is 0 Å². The lowest BCUT2D eigenvalue weighted by Crippen LogP contribution is -2.01. The molecule has 0 radical (unpaired) electrons. The maximum atomic E-state index is 11.0. The quantitative estimate of drug-likeness (QED) is 0.439. The van der Waals surface area contributed by atoms with Gasteiger partial charge in [-0.3, -0.25) is 10.1 Å². The van der Waals surface area contributed by atoms with E-state index in [0.717, 1.165) is 5.56 Å². The molecule has 19 heavy (non-hydrogen) atoms. The van der Waals surface area contributed by atoms with E-state index in [4.69, 9.17) is 4.52 Å². The van der Waals surface area contributed by atoms with Crippen molar-refractivity contribution in [2.24, 2.45) is 0 Å². The summed E-state index contributed by atoms with van der Waals surface area (Å²) in [6.45, 7) is 1.55. The van der Waals surface area contributed by atoms with Gasteiger partial charge in [0.1, 0.15) is 0 Å². The maximum absolute atomic E-state index is 11.0. The molecule has 0 N–H and O–H groups in total. The van der Waals surface area contributed by atoms with Gasteiger partial charge in [-0.15, -0.1) is 0 Å². The molecule has 2 aromatic rings. The number of hydrogen-bond acceptors (Lipinski definition) is 4. The predicted molar refractivity (Wildman–Crippen MR) is 77.7 cm³/mol. The number of aryl methyl sites for hydroxylation is 1. The van der Waals surface area contributed by atoms with E-state index in [1.807, 2.05) is 30.3 Å². The number of alkyl halides is 2. The summed E-state index contributed by atoms with van der Waals surface area (Å²) in [5, 5.41) is 14.7. The largest absolute Gasteiger partial charge is 0.352 e. The normalized spacial score (nSPS) is 14.1. The van der Waals surface area contributed by atoms with Crippen LogP contribution in [0, 0.1) is 17.0 Å². The van der Waals surface area contributed by atoms with Gasteiger partial charge in [0.2, 0.25) is 5.76 Å². The fourth-order valence-corrected chi connectivity index (χ4v) is 2.88. The van der Waals surface area contributed by atoms with Gasteiger partial charge in [-0.1, -0.05) is 67.3 Å². The van der Waals surface area contributed by atoms with Crippen molar-refractivity contribution in [2.45, 2.75) is 16.6 Å². The molecule has 0 bridgehead atoms. The highest BCUT2D eigenvalue weighted by molar-refractivity contribution is 9.12. The molecule has 100 valence electrons. The van der Waals surface area contributed by atoms with Gasteiger partial charge < -0.3 is 4.52 Å². The van der Waals surface area contributed by atoms with Crippen LogP contribution in [0.3, 0.4) is 0 Å². The highest BCUT2D eigenvalue weighted by Crippen LogP contribution is 2.45. The molecular formula is C12H10Br2N2O3. The van der Waals surface area contributed by atoms with Crippen LogP contribution in [0.25, 0.3) is 0 Å². The van der Waals surface area contributed by atoms with Crippen molar-refractivity contribution in [1.82, 2.24) is 5.16 Å². The third-order valence-electron chi connectivity index (χ3n) is 2.67. The Labute approximate surface area is 126 Å². The van der Waals surface area contributed by atoms with Gasteiger partial charge in [0.05, 0.1) is 14.6 Å². The predicted octanol–water partition coefficient (Wildman–Crippen LogP) is 4.46. The average Bonchev–Trinajstić information content (AvgIpc) is 2.80. The van der Waals surface area contributed by atoms with Gasteiger partial charge >= 0.3 is 5.69 Å². The second-order valence-corrected chi connectivity index (χ2v) is 5.93. The van der Waals surface area contributed by atoms with Crippen molar-refractivity contribution in [3.05, 3.63) is 57.5 Å². The Morgan fingerprint density at radius 1 is 1.26 bits per heavy atom. The van der Waals surface area contributed by atoms with Crippen LogP contribution in [-0.2, 0) is 0 Å². The molecular weight excluding hydrogens is 380 g/mol. The summed E-state index contributed by atoms with van der Waals surface area (Å²) in [4.78, 5) is 10.0. The molecule has 0 aliphatic heterocycles. The molecule has 5 nitrogen and oxygen atoms in total. The van der Waals surface area contributed by atoms with Crippen LogP contribution < -0.4 is 0 Å². The molecule has 0 fully saturated rings. The summed E-state index contributed by atoms with van der Waals surface area (Å²) in [5.74, 6) is 0.216. The van der Waals surface area contributed by atoms with Crippen LogP contribution in [0.15, 0.2) is 34.9 Å². The topological polar surface area (TPSA) is 69.2 Å². The molecule has 0 spiro atoms. The smallest absolute Gasteiger partial charge is 0.335 e. The molecule has 0 aliphatic carbocycles. The number of nitro groups is 1. The zero-order valence-corrected chi connectivity index (χ0v) is 13.1. The number of rotatable bonds is 4. The van der Waals surface area contributed by atoms with Gasteiger partial charge in [0.15, 0.2) is 5.69 Å². The third kappa shape index (κ3) is 2.87. The van der Waals surface area contributed by atoms with E-state index in [1.54, 1.807) is 6.92 Å². The molecule has 0 aliphatic rings. The molecule has 7 heteroatoms. The summed E-state index contributed by atoms with van der Waals surface area (Å²) in [7, 11) is 0. The van der Waals surface area contributed by atoms with E-state index in [-0.39, 0.29) is 26.8 Å². The molecule has 0 saturated carbocycles. The SMILES string of the molecule is Cc1noc(C(Br)C(Br)c2ccccc2)c1[N+](=O)[O-]. The molecule has 1 heterocycles. The van der Waals surface area contributed by atoms with Gasteiger partial charge in [-0.05, 0) is 12.5 Å². The summed E-state index contributed by atoms with van der Waals surface area (Å²) in [6.07, 6.45) is 0. The number of nitrogens with zero attached hydrogens (tertiary/aromatic N) is 2. The minimum atomic E-state index is -0.472. The fraction of sp³-hybridized carbons (Fsp3) is 0.250. The first-order valence-electron chi connectivity index (χ1n) is 5.46. The highest BCUT2D eigenvalue weighted by atomic mass is 79.9. The van der Waals surface area contributed by atoms with Gasteiger partial charge in [-0.2, -0.15) is 0 Å². The molecule has 0 saturated heterocycles. The maximum Gasteiger partial charge on any atom is 0.335 e. The van der Waals surface area contributed by atoms with Crippen molar-refractivity contribution in [3.8, 4) is 0 Å². The first-order valence-corrected chi connectivity index (χ1v) is 7.29. The van der Waals surface area contributed by atoms with Crippen molar-refractivity contribution < 1.29 is 9.45 Å². The summed E-state index contributed by atoms with van der Waals surface area (Å²) < 4.78 is 5.09. The summed E-state index contributed by atoms with van der Waals surface area (Å²) >= 11 is 6.96. The number of hydrogen-bond donors (Lipinski definition) is 0. The van der Waals surface area contributed by atoms with Crippen LogP contribution in [0.5, 0.6) is 0 Å². The first-order chi connectivity index (χ1) is 9.02. The fourth-order valence-electron chi connectivity index (χ4n) is 1.72. The zero-order valence-electron chi connectivity index (χ0n) is 9.92. The minimum absolute atomic E-state index is 0.0812. The Morgan fingerprint density at radius 2 is 1.89 bits per heavy atom. The van der Waals surface area contributed by atoms with Crippen molar-refractivity contribution in [3.63, 3.8) is 0 Å². The van der Waals surface area contributed by atoms with Crippen molar-refractivity contribution in [2.75, 3.05) is 0 Å². The summed E-state index contributed by atoms with van der Waals surface area (Å²) in [5.41, 5.74) is 1.19. The third-order valence-corrected chi connectivity index (χ3v) is 5.38. The van der Waals surface area contributed by atoms with E-state index < -0.39 is 4.92 Å². The lowest BCUT2D eigenvalue weighted by Gasteiger charge is -2.14. The van der Waals surface area contributed by atoms with E-state index in [0.29, 0.717) is 0 Å². The molecule has 2 rings (SSSR count). The van der Waals surface area contributed by atoms with E-state index in [1.165, 1.54) is 0 Å². The van der Waals surface area contributed by atoms with E-state index in [9.17, 15) is 10.1 Å². The van der Waals surface area contributed by atoms with Gasteiger partial charge in [0.25, 0.3) is 0 Å². The van der Waals surface area contributed by atoms with Crippen LogP contribution in [-0.4, -0.2) is 10.1 Å². The molecule has 1 aromatic heterocycles. The van der Waals surface area contributed by atoms with Crippen LogP contribution >= 0.6 is 31.9 Å². The van der Waals surface area contributed by atoms with Gasteiger partial charge in [0, 0.05) is 0 Å². The Kier molecular flexibility index (Phi) is 4.36. The monoisotopic (exact) mass is 388 g/mol. The van der Waals surface area contributed by atoms with Crippen LogP contribution in [0.4, 0.5) is 5.69 Å².